The summed E-state index contributed by atoms with van der Waals surface area (Å²) in [6.45, 7) is 0. The molecule has 1 N–H and O–H groups in total. The van der Waals surface area contributed by atoms with E-state index in [1.54, 1.807) is 0 Å². The van der Waals surface area contributed by atoms with Gasteiger partial charge in [0.25, 0.3) is 0 Å². The zero-order valence-corrected chi connectivity index (χ0v) is 10.8. The highest BCUT2D eigenvalue weighted by Crippen LogP contribution is 2.34. The van der Waals surface area contributed by atoms with Gasteiger partial charge >= 0.3 is 5.69 Å². The molecule has 3 rings (SSSR count). The molecule has 8 nitrogen and oxygen atoms in total. The molecule has 106 valence electrons. The van der Waals surface area contributed by atoms with Crippen molar-refractivity contribution in [2.24, 2.45) is 0 Å². The second kappa shape index (κ2) is 4.94. The van der Waals surface area contributed by atoms with Gasteiger partial charge in [-0.3, -0.25) is 15.2 Å². The van der Waals surface area contributed by atoms with Gasteiger partial charge in [0.2, 0.25) is 16.9 Å². The summed E-state index contributed by atoms with van der Waals surface area (Å²) in [6.07, 6.45) is 1.37. The van der Waals surface area contributed by atoms with E-state index in [1.165, 1.54) is 6.20 Å². The van der Waals surface area contributed by atoms with Crippen molar-refractivity contribution in [2.75, 3.05) is 0 Å². The molecular weight excluding hydrogens is 305 g/mol. The Kier molecular flexibility index (Phi) is 3.10. The Balaban J connectivity index is 2.12. The lowest BCUT2D eigenvalue weighted by Crippen LogP contribution is -1.97. The highest BCUT2D eigenvalue weighted by molar-refractivity contribution is 6.28. The molecule has 0 radical (unpaired) electrons. The van der Waals surface area contributed by atoms with Crippen LogP contribution >= 0.6 is 11.6 Å². The summed E-state index contributed by atoms with van der Waals surface area (Å²) >= 11 is 5.72. The summed E-state index contributed by atoms with van der Waals surface area (Å²) in [5.41, 5.74) is -0.105. The van der Waals surface area contributed by atoms with Crippen LogP contribution in [-0.2, 0) is 0 Å². The van der Waals surface area contributed by atoms with E-state index in [2.05, 4.69) is 20.2 Å². The van der Waals surface area contributed by atoms with Crippen LogP contribution in [0.5, 0.6) is 11.6 Å². The normalized spacial score (nSPS) is 10.8. The molecule has 0 amide bonds. The van der Waals surface area contributed by atoms with Gasteiger partial charge < -0.3 is 4.74 Å². The van der Waals surface area contributed by atoms with Crippen LogP contribution in [0.1, 0.15) is 0 Å². The van der Waals surface area contributed by atoms with Crippen molar-refractivity contribution in [2.45, 2.75) is 0 Å². The van der Waals surface area contributed by atoms with E-state index in [-0.39, 0.29) is 16.9 Å². The Morgan fingerprint density at radius 1 is 1.38 bits per heavy atom. The minimum absolute atomic E-state index is 0.0625. The van der Waals surface area contributed by atoms with Gasteiger partial charge in [-0.2, -0.15) is 15.1 Å². The zero-order valence-electron chi connectivity index (χ0n) is 10.1. The molecular formula is C11H5ClFN5O3. The number of nitrogens with zero attached hydrogens (tertiary/aromatic N) is 4. The number of hydrogen-bond donors (Lipinski definition) is 1. The summed E-state index contributed by atoms with van der Waals surface area (Å²) in [6, 6.07) is 2.85. The van der Waals surface area contributed by atoms with E-state index in [4.69, 9.17) is 16.3 Å². The fourth-order valence-corrected chi connectivity index (χ4v) is 1.85. The number of fused-ring (bicyclic) bond motifs is 1. The molecule has 0 saturated carbocycles. The zero-order chi connectivity index (χ0) is 15.0. The quantitative estimate of drug-likeness (QED) is 0.453. The summed E-state index contributed by atoms with van der Waals surface area (Å²) in [5.74, 6) is -1.04. The van der Waals surface area contributed by atoms with E-state index >= 15 is 0 Å². The second-order valence-electron chi connectivity index (χ2n) is 3.90. The van der Waals surface area contributed by atoms with Gasteiger partial charge in [-0.1, -0.05) is 0 Å². The number of ether oxygens (including phenoxy) is 1. The maximum absolute atomic E-state index is 13.3. The highest BCUT2D eigenvalue weighted by atomic mass is 35.5. The molecule has 0 spiro atoms. The van der Waals surface area contributed by atoms with Crippen molar-refractivity contribution in [1.29, 1.82) is 0 Å². The van der Waals surface area contributed by atoms with Crippen molar-refractivity contribution < 1.29 is 14.1 Å². The third-order valence-electron chi connectivity index (χ3n) is 2.57. The molecule has 0 fully saturated rings. The Hall–Kier alpha value is -2.81. The first-order valence-corrected chi connectivity index (χ1v) is 5.91. The molecule has 0 aliphatic carbocycles. The van der Waals surface area contributed by atoms with Crippen LogP contribution in [0.4, 0.5) is 10.1 Å². The van der Waals surface area contributed by atoms with Crippen molar-refractivity contribution in [1.82, 2.24) is 20.2 Å². The SMILES string of the molecule is O=[N+]([O-])c1ccc(F)cc1Oc1nc(Cl)nc2[nH]ncc12. The monoisotopic (exact) mass is 309 g/mol. The standard InChI is InChI=1S/C11H5ClFN5O3/c12-11-15-9-6(4-14-17-9)10(16-11)21-8-3-5(13)1-2-7(8)18(19)20/h1-4H,(H,14,15,16,17). The summed E-state index contributed by atoms with van der Waals surface area (Å²) in [7, 11) is 0. The van der Waals surface area contributed by atoms with Crippen LogP contribution in [-0.4, -0.2) is 25.1 Å². The minimum Gasteiger partial charge on any atom is -0.431 e. The van der Waals surface area contributed by atoms with E-state index < -0.39 is 16.4 Å². The second-order valence-corrected chi connectivity index (χ2v) is 4.24. The number of rotatable bonds is 3. The van der Waals surface area contributed by atoms with Gasteiger partial charge in [-0.15, -0.1) is 0 Å². The maximum atomic E-state index is 13.3. The molecule has 10 heteroatoms. The van der Waals surface area contributed by atoms with Crippen LogP contribution in [0.2, 0.25) is 5.28 Å². The average Bonchev–Trinajstić information content (AvgIpc) is 2.86. The fraction of sp³-hybridized carbons (Fsp3) is 0. The number of nitro benzene ring substituents is 1. The molecule has 0 bridgehead atoms. The van der Waals surface area contributed by atoms with Crippen molar-refractivity contribution >= 4 is 28.3 Å². The van der Waals surface area contributed by atoms with Gasteiger partial charge in [-0.05, 0) is 17.7 Å². The molecule has 0 aliphatic heterocycles. The first-order chi connectivity index (χ1) is 10.0. The number of hydrogen-bond acceptors (Lipinski definition) is 6. The van der Waals surface area contributed by atoms with Crippen LogP contribution in [0.15, 0.2) is 24.4 Å². The van der Waals surface area contributed by atoms with Crippen LogP contribution in [0.25, 0.3) is 11.0 Å². The number of benzene rings is 1. The van der Waals surface area contributed by atoms with Crippen molar-refractivity contribution in [3.63, 3.8) is 0 Å². The van der Waals surface area contributed by atoms with E-state index in [0.717, 1.165) is 18.2 Å². The molecule has 0 atom stereocenters. The molecule has 21 heavy (non-hydrogen) atoms. The predicted molar refractivity (Wildman–Crippen MR) is 69.8 cm³/mol. The summed E-state index contributed by atoms with van der Waals surface area (Å²) in [4.78, 5) is 17.9. The van der Waals surface area contributed by atoms with Gasteiger partial charge in [0.05, 0.1) is 11.1 Å². The fourth-order valence-electron chi connectivity index (χ4n) is 1.68. The molecule has 0 aliphatic rings. The molecule has 3 aromatic rings. The summed E-state index contributed by atoms with van der Waals surface area (Å²) in [5, 5.41) is 17.5. The van der Waals surface area contributed by atoms with Gasteiger partial charge in [0, 0.05) is 12.1 Å². The lowest BCUT2D eigenvalue weighted by molar-refractivity contribution is -0.385. The average molecular weight is 310 g/mol. The van der Waals surface area contributed by atoms with Crippen LogP contribution in [0, 0.1) is 15.9 Å². The van der Waals surface area contributed by atoms with Crippen LogP contribution in [0.3, 0.4) is 0 Å². The molecule has 0 saturated heterocycles. The number of aromatic amines is 1. The van der Waals surface area contributed by atoms with Crippen LogP contribution < -0.4 is 4.74 Å². The van der Waals surface area contributed by atoms with Gasteiger partial charge in [-0.25, -0.2) is 4.39 Å². The number of H-pyrrole nitrogens is 1. The van der Waals surface area contributed by atoms with Crippen molar-refractivity contribution in [3.8, 4) is 11.6 Å². The third kappa shape index (κ3) is 2.46. The Morgan fingerprint density at radius 3 is 2.95 bits per heavy atom. The lowest BCUT2D eigenvalue weighted by Gasteiger charge is -2.06. The number of nitrogens with one attached hydrogen (secondary N) is 1. The topological polar surface area (TPSA) is 107 Å². The molecule has 2 aromatic heterocycles. The van der Waals surface area contributed by atoms with E-state index in [0.29, 0.717) is 11.0 Å². The Morgan fingerprint density at radius 2 is 2.19 bits per heavy atom. The Bertz CT molecular complexity index is 853. The first kappa shape index (κ1) is 13.2. The highest BCUT2D eigenvalue weighted by Gasteiger charge is 2.19. The third-order valence-corrected chi connectivity index (χ3v) is 2.74. The largest absolute Gasteiger partial charge is 0.431 e. The van der Waals surface area contributed by atoms with Gasteiger partial charge in [0.15, 0.2) is 5.65 Å². The van der Waals surface area contributed by atoms with Gasteiger partial charge in [0.1, 0.15) is 11.2 Å². The predicted octanol–water partition coefficient (Wildman–Crippen LogP) is 2.85. The lowest BCUT2D eigenvalue weighted by atomic mass is 10.3. The number of aromatic nitrogens is 4. The maximum Gasteiger partial charge on any atom is 0.311 e. The van der Waals surface area contributed by atoms with E-state index in [1.807, 2.05) is 0 Å². The minimum atomic E-state index is -0.690. The smallest absolute Gasteiger partial charge is 0.311 e. The number of halogens is 2. The van der Waals surface area contributed by atoms with Crippen molar-refractivity contribution in [3.05, 3.63) is 45.6 Å². The van der Waals surface area contributed by atoms with E-state index in [9.17, 15) is 14.5 Å². The number of nitro groups is 1. The first-order valence-electron chi connectivity index (χ1n) is 5.53. The molecule has 2 heterocycles. The molecule has 0 unspecified atom stereocenters. The Labute approximate surface area is 120 Å². The summed E-state index contributed by atoms with van der Waals surface area (Å²) < 4.78 is 18.6. The molecule has 1 aromatic carbocycles.